The van der Waals surface area contributed by atoms with Crippen molar-refractivity contribution in [3.05, 3.63) is 83.9 Å². The Morgan fingerprint density at radius 3 is 2.00 bits per heavy atom. The molecule has 23 heavy (non-hydrogen) atoms. The molecule has 0 radical (unpaired) electrons. The van der Waals surface area contributed by atoms with Crippen LogP contribution < -0.4 is 0 Å². The van der Waals surface area contributed by atoms with E-state index in [0.29, 0.717) is 11.1 Å². The molecule has 0 saturated carbocycles. The van der Waals surface area contributed by atoms with Crippen LogP contribution in [0, 0.1) is 0 Å². The molecule has 0 atom stereocenters. The molecule has 3 rings (SSSR count). The lowest BCUT2D eigenvalue weighted by atomic mass is 9.96. The van der Waals surface area contributed by atoms with Crippen LogP contribution in [0.2, 0.25) is 0 Å². The van der Waals surface area contributed by atoms with Crippen LogP contribution in [0.15, 0.2) is 78.0 Å². The Labute approximate surface area is 133 Å². The van der Waals surface area contributed by atoms with E-state index in [4.69, 9.17) is 0 Å². The molecule has 0 saturated heterocycles. The van der Waals surface area contributed by atoms with Crippen molar-refractivity contribution in [2.45, 2.75) is 0 Å². The van der Waals surface area contributed by atoms with Gasteiger partial charge in [0, 0.05) is 11.1 Å². The summed E-state index contributed by atoms with van der Waals surface area (Å²) in [5.74, 6) is -0.0504. The van der Waals surface area contributed by atoms with E-state index in [-0.39, 0.29) is 17.2 Å². The largest absolute Gasteiger partial charge is 0.507 e. The van der Waals surface area contributed by atoms with E-state index in [2.05, 4.69) is 5.16 Å². The molecule has 0 aliphatic rings. The topological polar surface area (TPSA) is 73.1 Å². The molecule has 4 heteroatoms. The van der Waals surface area contributed by atoms with Gasteiger partial charge in [-0.15, -0.1) is 0 Å². The zero-order chi connectivity index (χ0) is 16.2. The first-order valence-corrected chi connectivity index (χ1v) is 7.10. The van der Waals surface area contributed by atoms with Gasteiger partial charge in [0.25, 0.3) is 0 Å². The van der Waals surface area contributed by atoms with E-state index in [1.54, 1.807) is 36.4 Å². The minimum Gasteiger partial charge on any atom is -0.507 e. The van der Waals surface area contributed by atoms with Gasteiger partial charge in [0.2, 0.25) is 0 Å². The first-order valence-electron chi connectivity index (χ1n) is 7.10. The lowest BCUT2D eigenvalue weighted by Crippen LogP contribution is -2.04. The summed E-state index contributed by atoms with van der Waals surface area (Å²) < 4.78 is 0. The number of benzene rings is 3. The molecule has 0 unspecified atom stereocenters. The van der Waals surface area contributed by atoms with Crippen molar-refractivity contribution in [3.8, 4) is 22.6 Å². The maximum atomic E-state index is 10.2. The van der Waals surface area contributed by atoms with Gasteiger partial charge in [0.15, 0.2) is 0 Å². The quantitative estimate of drug-likeness (QED) is 0.389. The van der Waals surface area contributed by atoms with Crippen LogP contribution in [-0.4, -0.2) is 21.1 Å². The van der Waals surface area contributed by atoms with Crippen LogP contribution in [-0.2, 0) is 0 Å². The van der Waals surface area contributed by atoms with Gasteiger partial charge in [0.05, 0.1) is 0 Å². The molecule has 0 bridgehead atoms. The zero-order valence-electron chi connectivity index (χ0n) is 12.2. The van der Waals surface area contributed by atoms with E-state index in [9.17, 15) is 15.4 Å². The van der Waals surface area contributed by atoms with E-state index >= 15 is 0 Å². The highest BCUT2D eigenvalue weighted by molar-refractivity contribution is 6.16. The standard InChI is InChI=1S/C19H15NO3/c21-17-9-5-4-8-15(17)19(20-23)16-12-14(10-11-18(16)22)13-6-2-1-3-7-13/h1-12,21-23H/b20-19-. The fourth-order valence-corrected chi connectivity index (χ4v) is 2.46. The predicted molar refractivity (Wildman–Crippen MR) is 89.1 cm³/mol. The molecular formula is C19H15NO3. The molecule has 0 aliphatic heterocycles. The van der Waals surface area contributed by atoms with Crippen molar-refractivity contribution in [3.63, 3.8) is 0 Å². The second-order valence-corrected chi connectivity index (χ2v) is 5.06. The van der Waals surface area contributed by atoms with Crippen molar-refractivity contribution in [2.24, 2.45) is 5.16 Å². The fraction of sp³-hybridized carbons (Fsp3) is 0. The summed E-state index contributed by atoms with van der Waals surface area (Å²) >= 11 is 0. The molecule has 0 heterocycles. The third-order valence-corrected chi connectivity index (χ3v) is 3.62. The van der Waals surface area contributed by atoms with Gasteiger partial charge >= 0.3 is 0 Å². The highest BCUT2D eigenvalue weighted by Crippen LogP contribution is 2.30. The minimum atomic E-state index is -0.0271. The Morgan fingerprint density at radius 2 is 1.30 bits per heavy atom. The van der Waals surface area contributed by atoms with E-state index in [1.807, 2.05) is 30.3 Å². The Kier molecular flexibility index (Phi) is 3.97. The summed E-state index contributed by atoms with van der Waals surface area (Å²) in [4.78, 5) is 0. The first kappa shape index (κ1) is 14.7. The van der Waals surface area contributed by atoms with E-state index in [0.717, 1.165) is 11.1 Å². The number of hydrogen-bond acceptors (Lipinski definition) is 4. The molecule has 0 aliphatic carbocycles. The molecule has 4 nitrogen and oxygen atoms in total. The van der Waals surface area contributed by atoms with Crippen LogP contribution in [0.25, 0.3) is 11.1 Å². The number of hydrogen-bond donors (Lipinski definition) is 3. The van der Waals surface area contributed by atoms with Gasteiger partial charge in [0.1, 0.15) is 17.2 Å². The van der Waals surface area contributed by atoms with Crippen molar-refractivity contribution < 1.29 is 15.4 Å². The second kappa shape index (κ2) is 6.23. The summed E-state index contributed by atoms with van der Waals surface area (Å²) in [5, 5.41) is 32.8. The normalized spacial score (nSPS) is 11.4. The molecule has 114 valence electrons. The van der Waals surface area contributed by atoms with Crippen LogP contribution in [0.4, 0.5) is 0 Å². The number of phenolic OH excluding ortho intramolecular Hbond substituents is 2. The van der Waals surface area contributed by atoms with Crippen LogP contribution in [0.5, 0.6) is 11.5 Å². The lowest BCUT2D eigenvalue weighted by molar-refractivity contribution is 0.319. The van der Waals surface area contributed by atoms with Crippen molar-refractivity contribution >= 4 is 5.71 Å². The number of para-hydroxylation sites is 1. The van der Waals surface area contributed by atoms with E-state index in [1.165, 1.54) is 6.07 Å². The zero-order valence-corrected chi connectivity index (χ0v) is 12.2. The minimum absolute atomic E-state index is 0.0233. The molecule has 0 aromatic heterocycles. The number of phenols is 2. The van der Waals surface area contributed by atoms with Crippen molar-refractivity contribution in [1.29, 1.82) is 0 Å². The smallest absolute Gasteiger partial charge is 0.125 e. The summed E-state index contributed by atoms with van der Waals surface area (Å²) in [7, 11) is 0. The molecule has 0 spiro atoms. The molecule has 3 N–H and O–H groups in total. The Hall–Kier alpha value is -3.27. The monoisotopic (exact) mass is 305 g/mol. The lowest BCUT2D eigenvalue weighted by Gasteiger charge is -2.11. The average Bonchev–Trinajstić information content (AvgIpc) is 2.59. The number of aromatic hydroxyl groups is 2. The Morgan fingerprint density at radius 1 is 0.652 bits per heavy atom. The Bertz CT molecular complexity index is 857. The van der Waals surface area contributed by atoms with Crippen LogP contribution in [0.1, 0.15) is 11.1 Å². The summed E-state index contributed by atoms with van der Waals surface area (Å²) in [6, 6.07) is 21.2. The first-order chi connectivity index (χ1) is 11.2. The Balaban J connectivity index is 2.14. The molecule has 0 fully saturated rings. The van der Waals surface area contributed by atoms with Gasteiger partial charge in [-0.25, -0.2) is 0 Å². The van der Waals surface area contributed by atoms with Crippen molar-refractivity contribution in [2.75, 3.05) is 0 Å². The molecule has 0 amide bonds. The highest BCUT2D eigenvalue weighted by Gasteiger charge is 2.16. The summed E-state index contributed by atoms with van der Waals surface area (Å²) in [5.41, 5.74) is 2.64. The number of nitrogens with zero attached hydrogens (tertiary/aromatic N) is 1. The SMILES string of the molecule is O/N=C(/c1ccccc1O)c1cc(-c2ccccc2)ccc1O. The fourth-order valence-electron chi connectivity index (χ4n) is 2.46. The van der Waals surface area contributed by atoms with Gasteiger partial charge in [-0.2, -0.15) is 0 Å². The van der Waals surface area contributed by atoms with Gasteiger partial charge in [-0.05, 0) is 35.4 Å². The van der Waals surface area contributed by atoms with Gasteiger partial charge < -0.3 is 15.4 Å². The van der Waals surface area contributed by atoms with Crippen LogP contribution >= 0.6 is 0 Å². The third-order valence-electron chi connectivity index (χ3n) is 3.62. The molecular weight excluding hydrogens is 290 g/mol. The predicted octanol–water partition coefficient (Wildman–Crippen LogP) is 3.99. The molecule has 3 aromatic carbocycles. The summed E-state index contributed by atoms with van der Waals surface area (Å²) in [6.45, 7) is 0. The van der Waals surface area contributed by atoms with Gasteiger partial charge in [-0.3, -0.25) is 0 Å². The molecule has 3 aromatic rings. The number of oxime groups is 1. The summed E-state index contributed by atoms with van der Waals surface area (Å²) in [6.07, 6.45) is 0. The van der Waals surface area contributed by atoms with Gasteiger partial charge in [-0.1, -0.05) is 53.7 Å². The van der Waals surface area contributed by atoms with Crippen molar-refractivity contribution in [1.82, 2.24) is 0 Å². The van der Waals surface area contributed by atoms with Crippen LogP contribution in [0.3, 0.4) is 0 Å². The maximum Gasteiger partial charge on any atom is 0.125 e. The second-order valence-electron chi connectivity index (χ2n) is 5.06. The average molecular weight is 305 g/mol. The van der Waals surface area contributed by atoms with E-state index < -0.39 is 0 Å². The highest BCUT2D eigenvalue weighted by atomic mass is 16.4. The maximum absolute atomic E-state index is 10.2. The third kappa shape index (κ3) is 2.87. The number of rotatable bonds is 3.